The predicted molar refractivity (Wildman–Crippen MR) is 80.4 cm³/mol. The molecule has 0 bridgehead atoms. The Bertz CT molecular complexity index is 493. The van der Waals surface area contributed by atoms with Crippen LogP contribution in [0.1, 0.15) is 37.2 Å². The summed E-state index contributed by atoms with van der Waals surface area (Å²) >= 11 is 0. The molecule has 4 nitrogen and oxygen atoms in total. The van der Waals surface area contributed by atoms with Gasteiger partial charge in [-0.25, -0.2) is 0 Å². The first kappa shape index (κ1) is 14.4. The van der Waals surface area contributed by atoms with Crippen molar-refractivity contribution in [3.8, 4) is 5.75 Å². The van der Waals surface area contributed by atoms with Crippen molar-refractivity contribution in [2.45, 2.75) is 37.7 Å². The molecular weight excluding hydrogens is 266 g/mol. The molecule has 1 aromatic rings. The molecule has 1 heterocycles. The zero-order valence-electron chi connectivity index (χ0n) is 12.5. The van der Waals surface area contributed by atoms with Gasteiger partial charge in [0.05, 0.1) is 13.5 Å². The van der Waals surface area contributed by atoms with Gasteiger partial charge in [0, 0.05) is 6.54 Å². The molecule has 0 unspecified atom stereocenters. The molecule has 114 valence electrons. The van der Waals surface area contributed by atoms with Crippen molar-refractivity contribution in [3.05, 3.63) is 29.8 Å². The van der Waals surface area contributed by atoms with Crippen LogP contribution in [-0.4, -0.2) is 32.3 Å². The lowest BCUT2D eigenvalue weighted by atomic mass is 9.91. The Morgan fingerprint density at radius 3 is 2.90 bits per heavy atom. The molecule has 2 atom stereocenters. The zero-order valence-corrected chi connectivity index (χ0v) is 12.5. The first-order valence-electron chi connectivity index (χ1n) is 7.80. The van der Waals surface area contributed by atoms with Gasteiger partial charge >= 0.3 is 5.97 Å². The van der Waals surface area contributed by atoms with Crippen molar-refractivity contribution >= 4 is 5.97 Å². The van der Waals surface area contributed by atoms with Gasteiger partial charge in [-0.3, -0.25) is 4.79 Å². The minimum atomic E-state index is -0.127. The van der Waals surface area contributed by atoms with E-state index in [1.54, 1.807) is 0 Å². The van der Waals surface area contributed by atoms with Gasteiger partial charge in [-0.1, -0.05) is 12.1 Å². The average molecular weight is 289 g/mol. The number of methoxy groups -OCH3 is 1. The molecule has 1 aliphatic carbocycles. The van der Waals surface area contributed by atoms with Crippen LogP contribution in [0.3, 0.4) is 0 Å². The summed E-state index contributed by atoms with van der Waals surface area (Å²) in [5, 5.41) is 3.31. The van der Waals surface area contributed by atoms with E-state index in [2.05, 4.69) is 17.4 Å². The number of hydrogen-bond donors (Lipinski definition) is 1. The van der Waals surface area contributed by atoms with Gasteiger partial charge in [-0.05, 0) is 55.3 Å². The number of ether oxygens (including phenoxy) is 2. The van der Waals surface area contributed by atoms with E-state index >= 15 is 0 Å². The molecule has 4 heteroatoms. The summed E-state index contributed by atoms with van der Waals surface area (Å²) in [5.74, 6) is 1.67. The van der Waals surface area contributed by atoms with E-state index in [0.29, 0.717) is 12.3 Å². The highest BCUT2D eigenvalue weighted by Crippen LogP contribution is 2.45. The molecule has 2 aliphatic rings. The molecule has 21 heavy (non-hydrogen) atoms. The highest BCUT2D eigenvalue weighted by Gasteiger charge is 2.34. The maximum atomic E-state index is 11.6. The number of rotatable bonds is 6. The summed E-state index contributed by atoms with van der Waals surface area (Å²) in [6, 6.07) is 8.24. The molecule has 0 radical (unpaired) electrons. The highest BCUT2D eigenvalue weighted by molar-refractivity contribution is 5.70. The highest BCUT2D eigenvalue weighted by atomic mass is 16.5. The number of benzene rings is 1. The van der Waals surface area contributed by atoms with Gasteiger partial charge in [0.2, 0.25) is 0 Å². The van der Waals surface area contributed by atoms with Gasteiger partial charge in [0.15, 0.2) is 0 Å². The van der Waals surface area contributed by atoms with Gasteiger partial charge in [0.1, 0.15) is 11.9 Å². The lowest BCUT2D eigenvalue weighted by Gasteiger charge is -2.18. The molecule has 0 amide bonds. The SMILES string of the molecule is COC(=O)C[C@H](c1cccc(O[C@@H]2CCNC2)c1)C1CC1. The Balaban J connectivity index is 1.71. The fourth-order valence-corrected chi connectivity index (χ4v) is 3.06. The third-order valence-corrected chi connectivity index (χ3v) is 4.41. The topological polar surface area (TPSA) is 47.6 Å². The second-order valence-corrected chi connectivity index (χ2v) is 6.03. The summed E-state index contributed by atoms with van der Waals surface area (Å²) in [6.45, 7) is 1.94. The van der Waals surface area contributed by atoms with Gasteiger partial charge in [-0.2, -0.15) is 0 Å². The van der Waals surface area contributed by atoms with Crippen LogP contribution in [0.5, 0.6) is 5.75 Å². The Morgan fingerprint density at radius 2 is 2.24 bits per heavy atom. The minimum Gasteiger partial charge on any atom is -0.489 e. The maximum Gasteiger partial charge on any atom is 0.306 e. The lowest BCUT2D eigenvalue weighted by molar-refractivity contribution is -0.141. The number of esters is 1. The van der Waals surface area contributed by atoms with Crippen molar-refractivity contribution in [2.24, 2.45) is 5.92 Å². The maximum absolute atomic E-state index is 11.6. The third-order valence-electron chi connectivity index (χ3n) is 4.41. The number of carbonyl (C=O) groups excluding carboxylic acids is 1. The first-order chi connectivity index (χ1) is 10.3. The number of hydrogen-bond acceptors (Lipinski definition) is 4. The number of nitrogens with one attached hydrogen (secondary N) is 1. The molecule has 3 rings (SSSR count). The van der Waals surface area contributed by atoms with E-state index in [9.17, 15) is 4.79 Å². The van der Waals surface area contributed by atoms with Crippen LogP contribution in [0.2, 0.25) is 0 Å². The molecule has 0 spiro atoms. The molecule has 1 saturated heterocycles. The van der Waals surface area contributed by atoms with Crippen LogP contribution >= 0.6 is 0 Å². The molecule has 1 N–H and O–H groups in total. The monoisotopic (exact) mass is 289 g/mol. The van der Waals surface area contributed by atoms with Crippen LogP contribution in [-0.2, 0) is 9.53 Å². The fourth-order valence-electron chi connectivity index (χ4n) is 3.06. The Labute approximate surface area is 125 Å². The second kappa shape index (κ2) is 6.48. The molecular formula is C17H23NO3. The van der Waals surface area contributed by atoms with Crippen molar-refractivity contribution in [1.29, 1.82) is 0 Å². The molecule has 1 aromatic carbocycles. The Hall–Kier alpha value is -1.55. The van der Waals surface area contributed by atoms with Crippen LogP contribution < -0.4 is 10.1 Å². The quantitative estimate of drug-likeness (QED) is 0.817. The Kier molecular flexibility index (Phi) is 4.44. The van der Waals surface area contributed by atoms with Crippen LogP contribution in [0.25, 0.3) is 0 Å². The van der Waals surface area contributed by atoms with Gasteiger partial charge in [-0.15, -0.1) is 0 Å². The first-order valence-corrected chi connectivity index (χ1v) is 7.80. The lowest BCUT2D eigenvalue weighted by Crippen LogP contribution is -2.19. The normalized spacial score (nSPS) is 22.8. The summed E-state index contributed by atoms with van der Waals surface area (Å²) in [5.41, 5.74) is 1.20. The van der Waals surface area contributed by atoms with Gasteiger partial charge < -0.3 is 14.8 Å². The van der Waals surface area contributed by atoms with Crippen molar-refractivity contribution in [1.82, 2.24) is 5.32 Å². The van der Waals surface area contributed by atoms with Crippen LogP contribution in [0.4, 0.5) is 0 Å². The summed E-state index contributed by atoms with van der Waals surface area (Å²) in [7, 11) is 1.46. The van der Waals surface area contributed by atoms with Crippen molar-refractivity contribution in [2.75, 3.05) is 20.2 Å². The van der Waals surface area contributed by atoms with E-state index in [-0.39, 0.29) is 18.0 Å². The van der Waals surface area contributed by atoms with Crippen molar-refractivity contribution < 1.29 is 14.3 Å². The van der Waals surface area contributed by atoms with E-state index in [0.717, 1.165) is 25.3 Å². The average Bonchev–Trinajstić information content (AvgIpc) is 3.22. The smallest absolute Gasteiger partial charge is 0.306 e. The largest absolute Gasteiger partial charge is 0.489 e. The molecule has 2 fully saturated rings. The van der Waals surface area contributed by atoms with E-state index < -0.39 is 0 Å². The fraction of sp³-hybridized carbons (Fsp3) is 0.588. The standard InChI is InChI=1S/C17H23NO3/c1-20-17(19)10-16(12-5-6-12)13-3-2-4-14(9-13)21-15-7-8-18-11-15/h2-4,9,12,15-16,18H,5-8,10-11H2,1H3/t15-,16+/m1/s1. The van der Waals surface area contributed by atoms with E-state index in [4.69, 9.17) is 9.47 Å². The van der Waals surface area contributed by atoms with E-state index in [1.807, 2.05) is 12.1 Å². The second-order valence-electron chi connectivity index (χ2n) is 6.03. The minimum absolute atomic E-state index is 0.127. The zero-order chi connectivity index (χ0) is 14.7. The van der Waals surface area contributed by atoms with E-state index in [1.165, 1.54) is 25.5 Å². The third kappa shape index (κ3) is 3.76. The summed E-state index contributed by atoms with van der Waals surface area (Å²) < 4.78 is 10.9. The van der Waals surface area contributed by atoms with Gasteiger partial charge in [0.25, 0.3) is 0 Å². The summed E-state index contributed by atoms with van der Waals surface area (Å²) in [4.78, 5) is 11.6. The molecule has 1 saturated carbocycles. The Morgan fingerprint density at radius 1 is 1.38 bits per heavy atom. The van der Waals surface area contributed by atoms with Crippen molar-refractivity contribution in [3.63, 3.8) is 0 Å². The van der Waals surface area contributed by atoms with Crippen LogP contribution in [0.15, 0.2) is 24.3 Å². The predicted octanol–water partition coefficient (Wildman–Crippen LogP) is 2.48. The number of carbonyl (C=O) groups is 1. The van der Waals surface area contributed by atoms with Crippen LogP contribution in [0, 0.1) is 5.92 Å². The molecule has 1 aliphatic heterocycles. The summed E-state index contributed by atoms with van der Waals surface area (Å²) in [6.07, 6.45) is 4.20. The molecule has 0 aromatic heterocycles.